The Labute approximate surface area is 103 Å². The van der Waals surface area contributed by atoms with Crippen molar-refractivity contribution in [2.24, 2.45) is 0 Å². The molecule has 4 heteroatoms. The van der Waals surface area contributed by atoms with Crippen molar-refractivity contribution in [2.75, 3.05) is 13.2 Å². The van der Waals surface area contributed by atoms with Crippen LogP contribution in [0.3, 0.4) is 0 Å². The lowest BCUT2D eigenvalue weighted by atomic mass is 9.90. The van der Waals surface area contributed by atoms with Gasteiger partial charge in [-0.2, -0.15) is 0 Å². The van der Waals surface area contributed by atoms with Crippen molar-refractivity contribution in [3.8, 4) is 0 Å². The number of hydrogen-bond acceptors (Lipinski definition) is 2. The fraction of sp³-hybridized carbons (Fsp3) is 0.500. The van der Waals surface area contributed by atoms with Crippen molar-refractivity contribution >= 4 is 23.4 Å². The van der Waals surface area contributed by atoms with E-state index in [0.717, 1.165) is 28.3 Å². The highest BCUT2D eigenvalue weighted by Gasteiger charge is 2.47. The summed E-state index contributed by atoms with van der Waals surface area (Å²) in [5.74, 6) is 0. The largest absolute Gasteiger partial charge is 0.378 e. The molecule has 2 atom stereocenters. The van der Waals surface area contributed by atoms with E-state index >= 15 is 0 Å². The van der Waals surface area contributed by atoms with Gasteiger partial charge in [0.25, 0.3) is 0 Å². The van der Waals surface area contributed by atoms with Gasteiger partial charge in [-0.3, -0.25) is 0 Å². The summed E-state index contributed by atoms with van der Waals surface area (Å²) in [5.41, 5.74) is 1.11. The van der Waals surface area contributed by atoms with E-state index in [1.807, 2.05) is 18.2 Å². The molecule has 0 aliphatic carbocycles. The zero-order valence-electron chi connectivity index (χ0n) is 8.71. The summed E-state index contributed by atoms with van der Waals surface area (Å²) in [4.78, 5) is 1.14. The third-order valence-corrected chi connectivity index (χ3v) is 5.34. The van der Waals surface area contributed by atoms with E-state index < -0.39 is 6.17 Å². The predicted molar refractivity (Wildman–Crippen MR) is 64.1 cm³/mol. The van der Waals surface area contributed by atoms with Crippen LogP contribution in [-0.4, -0.2) is 24.1 Å². The second-order valence-electron chi connectivity index (χ2n) is 4.35. The number of fused-ring (bicyclic) bond motifs is 1. The fourth-order valence-corrected chi connectivity index (χ4v) is 4.20. The first-order valence-electron chi connectivity index (χ1n) is 5.39. The molecule has 2 aliphatic heterocycles. The summed E-state index contributed by atoms with van der Waals surface area (Å²) >= 11 is 7.80. The Bertz CT molecular complexity index is 425. The van der Waals surface area contributed by atoms with Crippen LogP contribution in [0.5, 0.6) is 0 Å². The molecule has 3 rings (SSSR count). The Morgan fingerprint density at radius 3 is 3.12 bits per heavy atom. The molecule has 86 valence electrons. The van der Waals surface area contributed by atoms with Gasteiger partial charge in [0.2, 0.25) is 0 Å². The Balaban J connectivity index is 1.97. The number of hydrogen-bond donors (Lipinski definition) is 0. The maximum absolute atomic E-state index is 14.1. The lowest BCUT2D eigenvalue weighted by Gasteiger charge is -2.35. The summed E-state index contributed by atoms with van der Waals surface area (Å²) in [5, 5.41) is 0.764. The standard InChI is InChI=1S/C12H12ClFOS/c13-9-2-1-3-10-8(9)6-12(16-10)4-5-15-7-11(12)14/h1-3,11H,4-7H2. The first kappa shape index (κ1) is 10.9. The molecule has 0 N–H and O–H groups in total. The van der Waals surface area contributed by atoms with Crippen LogP contribution < -0.4 is 0 Å². The fourth-order valence-electron chi connectivity index (χ4n) is 2.41. The minimum atomic E-state index is -0.894. The molecular formula is C12H12ClFOS. The van der Waals surface area contributed by atoms with E-state index in [9.17, 15) is 4.39 Å². The maximum atomic E-state index is 14.1. The van der Waals surface area contributed by atoms with Crippen LogP contribution in [-0.2, 0) is 11.2 Å². The minimum Gasteiger partial charge on any atom is -0.378 e. The Morgan fingerprint density at radius 1 is 1.50 bits per heavy atom. The van der Waals surface area contributed by atoms with Gasteiger partial charge in [-0.1, -0.05) is 17.7 Å². The van der Waals surface area contributed by atoms with E-state index in [0.29, 0.717) is 6.61 Å². The normalized spacial score (nSPS) is 33.0. The lowest BCUT2D eigenvalue weighted by molar-refractivity contribution is 0.0133. The quantitative estimate of drug-likeness (QED) is 0.705. The first-order chi connectivity index (χ1) is 7.71. The molecule has 0 amide bonds. The van der Waals surface area contributed by atoms with Crippen LogP contribution in [0.4, 0.5) is 4.39 Å². The van der Waals surface area contributed by atoms with Crippen LogP contribution >= 0.6 is 23.4 Å². The molecule has 0 radical (unpaired) electrons. The molecule has 1 fully saturated rings. The third-order valence-electron chi connectivity index (χ3n) is 3.37. The van der Waals surface area contributed by atoms with Crippen molar-refractivity contribution in [1.82, 2.24) is 0 Å². The number of ether oxygens (including phenoxy) is 1. The number of rotatable bonds is 0. The SMILES string of the molecule is FC1COCCC12Cc1c(Cl)cccc1S2. The highest BCUT2D eigenvalue weighted by Crippen LogP contribution is 2.52. The van der Waals surface area contributed by atoms with Gasteiger partial charge in [0, 0.05) is 16.5 Å². The molecule has 1 aromatic rings. The summed E-state index contributed by atoms with van der Waals surface area (Å²) in [6, 6.07) is 5.84. The summed E-state index contributed by atoms with van der Waals surface area (Å²) in [7, 11) is 0. The molecule has 1 saturated heterocycles. The number of alkyl halides is 1. The van der Waals surface area contributed by atoms with Gasteiger partial charge in [0.05, 0.1) is 11.4 Å². The minimum absolute atomic E-state index is 0.221. The average Bonchev–Trinajstić information content (AvgIpc) is 2.64. The molecule has 0 bridgehead atoms. The molecule has 1 aromatic carbocycles. The lowest BCUT2D eigenvalue weighted by Crippen LogP contribution is -2.44. The van der Waals surface area contributed by atoms with Crippen molar-refractivity contribution in [2.45, 2.75) is 28.7 Å². The second-order valence-corrected chi connectivity index (χ2v) is 6.22. The van der Waals surface area contributed by atoms with Crippen molar-refractivity contribution in [1.29, 1.82) is 0 Å². The van der Waals surface area contributed by atoms with E-state index in [-0.39, 0.29) is 11.4 Å². The summed E-state index contributed by atoms with van der Waals surface area (Å²) in [6.07, 6.45) is 0.607. The van der Waals surface area contributed by atoms with E-state index in [1.54, 1.807) is 11.8 Å². The highest BCUT2D eigenvalue weighted by molar-refractivity contribution is 8.01. The van der Waals surface area contributed by atoms with E-state index in [4.69, 9.17) is 16.3 Å². The Morgan fingerprint density at radius 2 is 2.38 bits per heavy atom. The monoisotopic (exact) mass is 258 g/mol. The second kappa shape index (κ2) is 3.90. The van der Waals surface area contributed by atoms with Crippen molar-refractivity contribution in [3.63, 3.8) is 0 Å². The van der Waals surface area contributed by atoms with Gasteiger partial charge >= 0.3 is 0 Å². The number of halogens is 2. The number of benzene rings is 1. The summed E-state index contributed by atoms with van der Waals surface area (Å²) in [6.45, 7) is 0.873. The van der Waals surface area contributed by atoms with Crippen LogP contribution in [0.2, 0.25) is 5.02 Å². The molecule has 2 heterocycles. The van der Waals surface area contributed by atoms with Crippen LogP contribution in [0.15, 0.2) is 23.1 Å². The van der Waals surface area contributed by atoms with Crippen molar-refractivity contribution < 1.29 is 9.13 Å². The third kappa shape index (κ3) is 1.57. The molecule has 1 nitrogen and oxygen atoms in total. The van der Waals surface area contributed by atoms with Gasteiger partial charge < -0.3 is 4.74 Å². The smallest absolute Gasteiger partial charge is 0.139 e. The van der Waals surface area contributed by atoms with Crippen LogP contribution in [0, 0.1) is 0 Å². The zero-order valence-corrected chi connectivity index (χ0v) is 10.3. The molecule has 2 unspecified atom stereocenters. The summed E-state index contributed by atoms with van der Waals surface area (Å²) < 4.78 is 18.9. The van der Waals surface area contributed by atoms with E-state index in [2.05, 4.69) is 0 Å². The molecule has 0 aromatic heterocycles. The van der Waals surface area contributed by atoms with Gasteiger partial charge in [-0.15, -0.1) is 11.8 Å². The topological polar surface area (TPSA) is 9.23 Å². The van der Waals surface area contributed by atoms with Crippen molar-refractivity contribution in [3.05, 3.63) is 28.8 Å². The highest BCUT2D eigenvalue weighted by atomic mass is 35.5. The maximum Gasteiger partial charge on any atom is 0.139 e. The molecule has 16 heavy (non-hydrogen) atoms. The van der Waals surface area contributed by atoms with E-state index in [1.165, 1.54) is 0 Å². The Hall–Kier alpha value is -0.250. The van der Waals surface area contributed by atoms with Gasteiger partial charge in [-0.25, -0.2) is 4.39 Å². The molecule has 0 saturated carbocycles. The van der Waals surface area contributed by atoms with Gasteiger partial charge in [0.1, 0.15) is 6.17 Å². The Kier molecular flexibility index (Phi) is 2.65. The number of thioether (sulfide) groups is 1. The van der Waals surface area contributed by atoms with Crippen LogP contribution in [0.25, 0.3) is 0 Å². The van der Waals surface area contributed by atoms with Gasteiger partial charge in [0.15, 0.2) is 0 Å². The zero-order chi connectivity index (χ0) is 11.2. The van der Waals surface area contributed by atoms with Crippen LogP contribution in [0.1, 0.15) is 12.0 Å². The van der Waals surface area contributed by atoms with Gasteiger partial charge in [-0.05, 0) is 30.5 Å². The average molecular weight is 259 g/mol. The first-order valence-corrected chi connectivity index (χ1v) is 6.59. The molecule has 1 spiro atoms. The molecular weight excluding hydrogens is 247 g/mol. The molecule has 2 aliphatic rings. The predicted octanol–water partition coefficient (Wildman–Crippen LogP) is 3.49.